The summed E-state index contributed by atoms with van der Waals surface area (Å²) in [6, 6.07) is -0.510. The van der Waals surface area contributed by atoms with Crippen LogP contribution in [0.3, 0.4) is 0 Å². The van der Waals surface area contributed by atoms with E-state index in [4.69, 9.17) is 4.94 Å². The second kappa shape index (κ2) is 5.65. The zero-order valence-corrected chi connectivity index (χ0v) is 11.9. The van der Waals surface area contributed by atoms with Crippen LogP contribution in [-0.2, 0) is 15.0 Å². The number of oxime groups is 1. The monoisotopic (exact) mass is 298 g/mol. The molecule has 7 nitrogen and oxygen atoms in total. The fraction of sp³-hybridized carbons (Fsp3) is 0.583. The van der Waals surface area contributed by atoms with Crippen molar-refractivity contribution in [3.8, 4) is 0 Å². The van der Waals surface area contributed by atoms with Gasteiger partial charge in [0.05, 0.1) is 4.91 Å². The summed E-state index contributed by atoms with van der Waals surface area (Å²) >= 11 is 0. The third-order valence-corrected chi connectivity index (χ3v) is 5.24. The smallest absolute Gasteiger partial charge is 0.238 e. The van der Waals surface area contributed by atoms with E-state index in [1.807, 2.05) is 0 Å². The number of sulfonamides is 1. The van der Waals surface area contributed by atoms with Gasteiger partial charge in [0.25, 0.3) is 0 Å². The van der Waals surface area contributed by atoms with Crippen LogP contribution in [0.1, 0.15) is 12.8 Å². The first kappa shape index (κ1) is 13.7. The molecule has 2 aliphatic heterocycles. The number of rotatable bonds is 5. The number of allylic oxidation sites excluding steroid dienone is 2. The average molecular weight is 298 g/mol. The lowest BCUT2D eigenvalue weighted by atomic mass is 10.1. The van der Waals surface area contributed by atoms with Gasteiger partial charge in [0.15, 0.2) is 0 Å². The first-order chi connectivity index (χ1) is 9.67. The van der Waals surface area contributed by atoms with Crippen LogP contribution in [0, 0.1) is 0 Å². The van der Waals surface area contributed by atoms with Gasteiger partial charge < -0.3 is 4.90 Å². The molecule has 0 bridgehead atoms. The van der Waals surface area contributed by atoms with Crippen molar-refractivity contribution in [2.45, 2.75) is 18.9 Å². The summed E-state index contributed by atoms with van der Waals surface area (Å²) < 4.78 is 27.3. The SMILES string of the molecule is O=S(=O)(NCCN1CCCC1)C1=CC=CC2=NONC12. The van der Waals surface area contributed by atoms with Crippen molar-refractivity contribution in [1.82, 2.24) is 15.1 Å². The molecule has 0 amide bonds. The Bertz CT molecular complexity index is 561. The van der Waals surface area contributed by atoms with E-state index in [1.54, 1.807) is 18.2 Å². The summed E-state index contributed by atoms with van der Waals surface area (Å²) in [7, 11) is -3.52. The van der Waals surface area contributed by atoms with E-state index in [-0.39, 0.29) is 4.91 Å². The summed E-state index contributed by atoms with van der Waals surface area (Å²) in [5.41, 5.74) is 3.17. The average Bonchev–Trinajstić information content (AvgIpc) is 3.08. The fourth-order valence-corrected chi connectivity index (χ4v) is 3.85. The highest BCUT2D eigenvalue weighted by Crippen LogP contribution is 2.20. The Morgan fingerprint density at radius 3 is 3.05 bits per heavy atom. The standard InChI is InChI=1S/C12H18N4O3S/c17-20(18,13-6-9-16-7-1-2-8-16)11-5-3-4-10-12(11)15-19-14-10/h3-5,12-13,15H,1-2,6-9H2. The van der Waals surface area contributed by atoms with Gasteiger partial charge in [-0.25, -0.2) is 13.1 Å². The van der Waals surface area contributed by atoms with Crippen molar-refractivity contribution >= 4 is 15.7 Å². The van der Waals surface area contributed by atoms with Crippen molar-refractivity contribution in [1.29, 1.82) is 0 Å². The van der Waals surface area contributed by atoms with E-state index in [0.29, 0.717) is 12.3 Å². The minimum absolute atomic E-state index is 0.248. The lowest BCUT2D eigenvalue weighted by Gasteiger charge is -2.19. The van der Waals surface area contributed by atoms with Crippen molar-refractivity contribution in [2.24, 2.45) is 5.16 Å². The Balaban J connectivity index is 1.61. The Labute approximate surface area is 118 Å². The molecule has 1 atom stereocenters. The molecule has 3 aliphatic rings. The molecule has 20 heavy (non-hydrogen) atoms. The van der Waals surface area contributed by atoms with Crippen LogP contribution >= 0.6 is 0 Å². The van der Waals surface area contributed by atoms with Gasteiger partial charge in [-0.1, -0.05) is 11.2 Å². The van der Waals surface area contributed by atoms with Crippen molar-refractivity contribution in [3.63, 3.8) is 0 Å². The molecule has 2 heterocycles. The minimum atomic E-state index is -3.52. The first-order valence-corrected chi connectivity index (χ1v) is 8.25. The highest BCUT2D eigenvalue weighted by atomic mass is 32.2. The maximum absolute atomic E-state index is 12.3. The van der Waals surface area contributed by atoms with E-state index in [9.17, 15) is 8.42 Å². The normalized spacial score (nSPS) is 26.1. The maximum atomic E-state index is 12.3. The molecule has 3 rings (SSSR count). The summed E-state index contributed by atoms with van der Waals surface area (Å²) in [5, 5.41) is 3.74. The number of fused-ring (bicyclic) bond motifs is 1. The summed E-state index contributed by atoms with van der Waals surface area (Å²) in [6.45, 7) is 3.28. The van der Waals surface area contributed by atoms with Gasteiger partial charge in [0, 0.05) is 13.1 Å². The fourth-order valence-electron chi connectivity index (χ4n) is 2.59. The van der Waals surface area contributed by atoms with Crippen LogP contribution in [-0.4, -0.2) is 51.3 Å². The molecule has 0 aromatic carbocycles. The number of nitrogens with one attached hydrogen (secondary N) is 2. The Morgan fingerprint density at radius 2 is 2.25 bits per heavy atom. The van der Waals surface area contributed by atoms with Crippen molar-refractivity contribution < 1.29 is 13.4 Å². The molecule has 0 spiro atoms. The molecule has 1 aliphatic carbocycles. The maximum Gasteiger partial charge on any atom is 0.238 e. The largest absolute Gasteiger partial charge is 0.302 e. The second-order valence-electron chi connectivity index (χ2n) is 5.03. The van der Waals surface area contributed by atoms with Crippen LogP contribution in [0.5, 0.6) is 0 Å². The zero-order valence-electron chi connectivity index (χ0n) is 11.1. The van der Waals surface area contributed by atoms with Gasteiger partial charge in [0.2, 0.25) is 10.0 Å². The molecular weight excluding hydrogens is 280 g/mol. The second-order valence-corrected chi connectivity index (χ2v) is 6.80. The third kappa shape index (κ3) is 2.78. The molecule has 8 heteroatoms. The van der Waals surface area contributed by atoms with Gasteiger partial charge in [0.1, 0.15) is 11.8 Å². The van der Waals surface area contributed by atoms with Crippen LogP contribution in [0.2, 0.25) is 0 Å². The molecule has 0 aromatic heterocycles. The van der Waals surface area contributed by atoms with Crippen LogP contribution in [0.15, 0.2) is 28.3 Å². The summed E-state index contributed by atoms with van der Waals surface area (Å²) in [5.74, 6) is 0. The summed E-state index contributed by atoms with van der Waals surface area (Å²) in [4.78, 5) is 7.26. The predicted octanol–water partition coefficient (Wildman–Crippen LogP) is -0.285. The van der Waals surface area contributed by atoms with Crippen LogP contribution in [0.25, 0.3) is 0 Å². The molecule has 0 radical (unpaired) electrons. The van der Waals surface area contributed by atoms with E-state index in [2.05, 4.69) is 20.3 Å². The topological polar surface area (TPSA) is 83.0 Å². The molecule has 1 saturated heterocycles. The highest BCUT2D eigenvalue weighted by Gasteiger charge is 2.34. The third-order valence-electron chi connectivity index (χ3n) is 3.66. The molecule has 110 valence electrons. The van der Waals surface area contributed by atoms with Gasteiger partial charge >= 0.3 is 0 Å². The predicted molar refractivity (Wildman–Crippen MR) is 75.3 cm³/mol. The van der Waals surface area contributed by atoms with Crippen molar-refractivity contribution in [3.05, 3.63) is 23.1 Å². The number of nitrogens with zero attached hydrogens (tertiary/aromatic N) is 2. The van der Waals surface area contributed by atoms with E-state index < -0.39 is 16.1 Å². The molecule has 0 saturated carbocycles. The Hall–Kier alpha value is -1.22. The first-order valence-electron chi connectivity index (χ1n) is 6.76. The molecule has 1 unspecified atom stereocenters. The molecule has 1 fully saturated rings. The highest BCUT2D eigenvalue weighted by molar-refractivity contribution is 7.93. The number of hydroxylamine groups is 1. The van der Waals surface area contributed by atoms with E-state index >= 15 is 0 Å². The van der Waals surface area contributed by atoms with Gasteiger partial charge in [-0.3, -0.25) is 4.94 Å². The Kier molecular flexibility index (Phi) is 3.88. The van der Waals surface area contributed by atoms with E-state index in [0.717, 1.165) is 19.6 Å². The van der Waals surface area contributed by atoms with Gasteiger partial charge in [-0.2, -0.15) is 0 Å². The molecule has 2 N–H and O–H groups in total. The van der Waals surface area contributed by atoms with E-state index in [1.165, 1.54) is 12.8 Å². The zero-order chi connectivity index (χ0) is 14.0. The Morgan fingerprint density at radius 1 is 1.45 bits per heavy atom. The lowest BCUT2D eigenvalue weighted by Crippen LogP contribution is -2.41. The lowest BCUT2D eigenvalue weighted by molar-refractivity contribution is 0.0664. The number of hydrogen-bond acceptors (Lipinski definition) is 6. The van der Waals surface area contributed by atoms with Crippen LogP contribution in [0.4, 0.5) is 0 Å². The molecular formula is C12H18N4O3S. The summed E-state index contributed by atoms with van der Waals surface area (Å²) in [6.07, 6.45) is 7.37. The quantitative estimate of drug-likeness (QED) is 0.729. The number of likely N-dealkylation sites (tertiary alicyclic amines) is 1. The number of hydrogen-bond donors (Lipinski definition) is 2. The minimum Gasteiger partial charge on any atom is -0.302 e. The van der Waals surface area contributed by atoms with Crippen molar-refractivity contribution in [2.75, 3.05) is 26.2 Å². The van der Waals surface area contributed by atoms with Gasteiger partial charge in [-0.05, 0) is 38.1 Å². The molecule has 0 aromatic rings. The van der Waals surface area contributed by atoms with Gasteiger partial charge in [-0.15, -0.1) is 5.48 Å². The van der Waals surface area contributed by atoms with Crippen LogP contribution < -0.4 is 10.2 Å².